The summed E-state index contributed by atoms with van der Waals surface area (Å²) < 4.78 is 17.0. The van der Waals surface area contributed by atoms with E-state index in [1.54, 1.807) is 0 Å². The highest BCUT2D eigenvalue weighted by Crippen LogP contribution is 2.17. The molecule has 0 aromatic rings. The second-order valence-corrected chi connectivity index (χ2v) is 22.7. The van der Waals surface area contributed by atoms with E-state index in [0.717, 1.165) is 148 Å². The van der Waals surface area contributed by atoms with Crippen LogP contribution < -0.4 is 0 Å². The number of allylic oxidation sites excluding steroid dienone is 18. The fraction of sp³-hybridized carbons (Fsp3) is 0.720. The molecule has 0 saturated heterocycles. The van der Waals surface area contributed by atoms with Gasteiger partial charge in [0.1, 0.15) is 13.2 Å². The van der Waals surface area contributed by atoms with E-state index in [-0.39, 0.29) is 31.1 Å². The zero-order chi connectivity index (χ0) is 58.5. The van der Waals surface area contributed by atoms with Gasteiger partial charge in [-0.15, -0.1) is 0 Å². The maximum atomic E-state index is 13.0. The lowest BCUT2D eigenvalue weighted by molar-refractivity contribution is -0.167. The Morgan fingerprint density at radius 1 is 0.259 bits per heavy atom. The van der Waals surface area contributed by atoms with E-state index in [1.807, 2.05) is 0 Å². The Balaban J connectivity index is 4.42. The molecule has 81 heavy (non-hydrogen) atoms. The molecular weight excluding hydrogens is 997 g/mol. The molecule has 0 aliphatic heterocycles. The lowest BCUT2D eigenvalue weighted by atomic mass is 10.0. The van der Waals surface area contributed by atoms with Crippen LogP contribution in [0.3, 0.4) is 0 Å². The third-order valence-electron chi connectivity index (χ3n) is 14.8. The summed E-state index contributed by atoms with van der Waals surface area (Å²) in [5, 5.41) is 0. The van der Waals surface area contributed by atoms with Crippen molar-refractivity contribution >= 4 is 17.9 Å². The number of hydrogen-bond acceptors (Lipinski definition) is 6. The average Bonchev–Trinajstić information content (AvgIpc) is 3.47. The highest BCUT2D eigenvalue weighted by Gasteiger charge is 2.19. The van der Waals surface area contributed by atoms with Crippen molar-refractivity contribution in [1.29, 1.82) is 0 Å². The maximum Gasteiger partial charge on any atom is 0.306 e. The van der Waals surface area contributed by atoms with E-state index in [9.17, 15) is 14.4 Å². The molecule has 0 aromatic carbocycles. The fourth-order valence-electron chi connectivity index (χ4n) is 9.70. The van der Waals surface area contributed by atoms with Gasteiger partial charge < -0.3 is 14.2 Å². The van der Waals surface area contributed by atoms with Crippen LogP contribution in [0.5, 0.6) is 0 Å². The minimum absolute atomic E-state index is 0.0894. The summed E-state index contributed by atoms with van der Waals surface area (Å²) in [7, 11) is 0. The monoisotopic (exact) mass is 1120 g/mol. The molecule has 0 N–H and O–H groups in total. The number of rotatable bonds is 62. The molecule has 0 heterocycles. The van der Waals surface area contributed by atoms with Crippen molar-refractivity contribution in [2.75, 3.05) is 13.2 Å². The van der Waals surface area contributed by atoms with Gasteiger partial charge in [-0.1, -0.05) is 316 Å². The SMILES string of the molecule is CC/C=C\C/C=C\C/C=C\C/C=C\C/C=C\CCCCCCCC(=O)OC(COC(=O)CCCCCCCC/C=C\C/C=C\C/C=C\C/C=C\CC)COC(=O)CCCCCCCCCCCCCCCCCCCCCCCCC. The van der Waals surface area contributed by atoms with Gasteiger partial charge in [-0.05, 0) is 103 Å². The molecular formula is C75H128O6. The second-order valence-electron chi connectivity index (χ2n) is 22.7. The predicted octanol–water partition coefficient (Wildman–Crippen LogP) is 23.8. The highest BCUT2D eigenvalue weighted by atomic mass is 16.6. The minimum Gasteiger partial charge on any atom is -0.462 e. The van der Waals surface area contributed by atoms with Gasteiger partial charge in [0, 0.05) is 19.3 Å². The van der Waals surface area contributed by atoms with E-state index >= 15 is 0 Å². The molecule has 0 amide bonds. The smallest absolute Gasteiger partial charge is 0.306 e. The molecule has 0 fully saturated rings. The lowest BCUT2D eigenvalue weighted by Gasteiger charge is -2.18. The number of carbonyl (C=O) groups is 3. The second kappa shape index (κ2) is 68.6. The first-order chi connectivity index (χ1) is 40.0. The van der Waals surface area contributed by atoms with Crippen molar-refractivity contribution < 1.29 is 28.6 Å². The highest BCUT2D eigenvalue weighted by molar-refractivity contribution is 5.71. The Hall–Kier alpha value is -3.93. The maximum absolute atomic E-state index is 13.0. The molecule has 0 aliphatic rings. The van der Waals surface area contributed by atoms with Gasteiger partial charge in [0.2, 0.25) is 0 Å². The third kappa shape index (κ3) is 66.8. The van der Waals surface area contributed by atoms with E-state index in [0.29, 0.717) is 19.3 Å². The number of hydrogen-bond donors (Lipinski definition) is 0. The summed E-state index contributed by atoms with van der Waals surface area (Å²) in [6.07, 6.45) is 93.9. The lowest BCUT2D eigenvalue weighted by Crippen LogP contribution is -2.30. The van der Waals surface area contributed by atoms with Crippen LogP contribution in [0.25, 0.3) is 0 Å². The number of esters is 3. The van der Waals surface area contributed by atoms with Crippen LogP contribution in [-0.2, 0) is 28.6 Å². The minimum atomic E-state index is -0.798. The van der Waals surface area contributed by atoms with Crippen LogP contribution in [0.2, 0.25) is 0 Å². The van der Waals surface area contributed by atoms with E-state index in [4.69, 9.17) is 14.2 Å². The van der Waals surface area contributed by atoms with Crippen molar-refractivity contribution in [3.63, 3.8) is 0 Å². The number of unbranched alkanes of at least 4 members (excludes halogenated alkanes) is 33. The summed E-state index contributed by atoms with van der Waals surface area (Å²) in [5.41, 5.74) is 0. The normalized spacial score (nSPS) is 12.8. The molecule has 0 spiro atoms. The third-order valence-corrected chi connectivity index (χ3v) is 14.8. The topological polar surface area (TPSA) is 78.9 Å². The first kappa shape index (κ1) is 77.1. The summed E-state index contributed by atoms with van der Waals surface area (Å²) >= 11 is 0. The molecule has 0 radical (unpaired) electrons. The Labute approximate surface area is 501 Å². The van der Waals surface area contributed by atoms with E-state index < -0.39 is 6.10 Å². The molecule has 0 aliphatic carbocycles. The Bertz CT molecular complexity index is 1620. The van der Waals surface area contributed by atoms with Gasteiger partial charge in [0.25, 0.3) is 0 Å². The quantitative estimate of drug-likeness (QED) is 0.0261. The summed E-state index contributed by atoms with van der Waals surface area (Å²) in [6.45, 7) is 6.43. The first-order valence-corrected chi connectivity index (χ1v) is 34.4. The van der Waals surface area contributed by atoms with E-state index in [1.165, 1.54) is 141 Å². The van der Waals surface area contributed by atoms with Gasteiger partial charge in [0.15, 0.2) is 6.10 Å². The predicted molar refractivity (Wildman–Crippen MR) is 353 cm³/mol. The molecule has 6 heteroatoms. The van der Waals surface area contributed by atoms with E-state index in [2.05, 4.69) is 130 Å². The molecule has 0 bridgehead atoms. The van der Waals surface area contributed by atoms with Gasteiger partial charge in [-0.2, -0.15) is 0 Å². The largest absolute Gasteiger partial charge is 0.462 e. The number of ether oxygens (including phenoxy) is 3. The van der Waals surface area contributed by atoms with Crippen LogP contribution in [0.1, 0.15) is 329 Å². The van der Waals surface area contributed by atoms with Gasteiger partial charge in [-0.25, -0.2) is 0 Å². The van der Waals surface area contributed by atoms with Crippen LogP contribution in [0.4, 0.5) is 0 Å². The molecule has 6 nitrogen and oxygen atoms in total. The van der Waals surface area contributed by atoms with Gasteiger partial charge in [0.05, 0.1) is 0 Å². The summed E-state index contributed by atoms with van der Waals surface area (Å²) in [5.74, 6) is -0.909. The van der Waals surface area contributed by atoms with Gasteiger partial charge in [-0.3, -0.25) is 14.4 Å². The Morgan fingerprint density at radius 2 is 0.481 bits per heavy atom. The number of carbonyl (C=O) groups excluding carboxylic acids is 3. The molecule has 0 saturated carbocycles. The molecule has 0 aromatic heterocycles. The van der Waals surface area contributed by atoms with Gasteiger partial charge >= 0.3 is 17.9 Å². The summed E-state index contributed by atoms with van der Waals surface area (Å²) in [4.78, 5) is 38.5. The van der Waals surface area contributed by atoms with Crippen LogP contribution in [0, 0.1) is 0 Å². The zero-order valence-corrected chi connectivity index (χ0v) is 53.3. The van der Waals surface area contributed by atoms with Crippen molar-refractivity contribution in [1.82, 2.24) is 0 Å². The van der Waals surface area contributed by atoms with Crippen LogP contribution in [0.15, 0.2) is 109 Å². The standard InChI is InChI=1S/C75H128O6/c1-4-7-10-13-16-19-22-25-28-31-34-36-37-39-41-44-47-50-53-56-59-62-65-68-74(77)80-71-72(70-79-73(76)67-64-61-58-55-52-49-46-43-40-33-30-27-24-21-18-15-12-9-6-3)81-75(78)69-66-63-60-57-54-51-48-45-42-38-35-32-29-26-23-20-17-14-11-8-5-2/h8-9,11-12,17-18,20-21,26-27,29-30,35,38,40,43,45,48,72H,4-7,10,13-16,19,22-25,28,31-34,36-37,39,41-42,44,46-47,49-71H2,1-3H3/b11-8-,12-9-,20-17-,21-18-,29-26-,30-27-,38-35-,43-40-,48-45-. The zero-order valence-electron chi connectivity index (χ0n) is 53.3. The first-order valence-electron chi connectivity index (χ1n) is 34.4. The van der Waals surface area contributed by atoms with Crippen molar-refractivity contribution in [2.24, 2.45) is 0 Å². The molecule has 1 unspecified atom stereocenters. The Kier molecular flexibility index (Phi) is 65.2. The average molecular weight is 1130 g/mol. The summed E-state index contributed by atoms with van der Waals surface area (Å²) in [6, 6.07) is 0. The molecule has 1 atom stereocenters. The van der Waals surface area contributed by atoms with Crippen molar-refractivity contribution in [3.05, 3.63) is 109 Å². The van der Waals surface area contributed by atoms with Crippen molar-refractivity contribution in [2.45, 2.75) is 335 Å². The Morgan fingerprint density at radius 3 is 0.753 bits per heavy atom. The fourth-order valence-corrected chi connectivity index (χ4v) is 9.70. The van der Waals surface area contributed by atoms with Crippen molar-refractivity contribution in [3.8, 4) is 0 Å². The van der Waals surface area contributed by atoms with Crippen LogP contribution in [-0.4, -0.2) is 37.2 Å². The van der Waals surface area contributed by atoms with Crippen LogP contribution >= 0.6 is 0 Å². The molecule has 464 valence electrons. The molecule has 0 rings (SSSR count).